The number of aliphatic hydroxyl groups excluding tert-OH is 3. The van der Waals surface area contributed by atoms with Crippen LogP contribution in [0.15, 0.2) is 12.7 Å². The van der Waals surface area contributed by atoms with Gasteiger partial charge in [0.2, 0.25) is 0 Å². The van der Waals surface area contributed by atoms with Crippen LogP contribution in [-0.2, 0) is 0 Å². The highest BCUT2D eigenvalue weighted by atomic mass is 32.2. The summed E-state index contributed by atoms with van der Waals surface area (Å²) in [7, 11) is 0. The van der Waals surface area contributed by atoms with Crippen molar-refractivity contribution in [2.24, 2.45) is 0 Å². The second-order valence-electron chi connectivity index (χ2n) is 4.31. The average Bonchev–Trinajstić information content (AvgIpc) is 2.94. The van der Waals surface area contributed by atoms with Crippen molar-refractivity contribution >= 4 is 28.7 Å². The first-order chi connectivity index (χ1) is 9.13. The van der Waals surface area contributed by atoms with Gasteiger partial charge in [-0.3, -0.25) is 0 Å². The van der Waals surface area contributed by atoms with E-state index in [2.05, 4.69) is 15.0 Å². The number of aromatic nitrogens is 4. The summed E-state index contributed by atoms with van der Waals surface area (Å²) in [6, 6.07) is 0. The molecule has 0 aliphatic carbocycles. The lowest BCUT2D eigenvalue weighted by molar-refractivity contribution is 0.0113. The summed E-state index contributed by atoms with van der Waals surface area (Å²) in [6.07, 6.45) is 0.809. The van der Waals surface area contributed by atoms with Gasteiger partial charge >= 0.3 is 0 Å². The monoisotopic (exact) mass is 283 g/mol. The molecule has 5 N–H and O–H groups in total. The minimum atomic E-state index is -1.01. The van der Waals surface area contributed by atoms with Crippen LogP contribution in [0.5, 0.6) is 0 Å². The fourth-order valence-corrected chi connectivity index (χ4v) is 3.58. The molecule has 1 aliphatic rings. The van der Waals surface area contributed by atoms with Crippen molar-refractivity contribution < 1.29 is 15.3 Å². The Labute approximate surface area is 112 Å². The fraction of sp³-hybridized carbons (Fsp3) is 0.500. The number of aliphatic hydroxyl groups is 3. The van der Waals surface area contributed by atoms with E-state index in [1.54, 1.807) is 4.57 Å². The molecular weight excluding hydrogens is 270 g/mol. The molecule has 1 aliphatic heterocycles. The van der Waals surface area contributed by atoms with E-state index < -0.39 is 22.8 Å². The Bertz CT molecular complexity index is 606. The first kappa shape index (κ1) is 12.6. The van der Waals surface area contributed by atoms with Gasteiger partial charge in [0, 0.05) is 0 Å². The molecule has 0 spiro atoms. The summed E-state index contributed by atoms with van der Waals surface area (Å²) >= 11 is 1.27. The molecular formula is C10H13N5O3S. The number of nitrogens with two attached hydrogens (primary N) is 1. The molecule has 2 aromatic heterocycles. The first-order valence-corrected chi connectivity index (χ1v) is 6.63. The molecule has 4 atom stereocenters. The number of hydrogen-bond donors (Lipinski definition) is 4. The predicted molar refractivity (Wildman–Crippen MR) is 69.3 cm³/mol. The van der Waals surface area contributed by atoms with Crippen LogP contribution in [0.25, 0.3) is 11.2 Å². The van der Waals surface area contributed by atoms with Crippen LogP contribution in [0, 0.1) is 0 Å². The van der Waals surface area contributed by atoms with Crippen molar-refractivity contribution in [3.05, 3.63) is 12.7 Å². The van der Waals surface area contributed by atoms with E-state index in [9.17, 15) is 15.3 Å². The summed E-state index contributed by atoms with van der Waals surface area (Å²) in [5, 5.41) is 28.2. The zero-order chi connectivity index (χ0) is 13.6. The third kappa shape index (κ3) is 1.86. The van der Waals surface area contributed by atoms with E-state index in [0.717, 1.165) is 0 Å². The van der Waals surface area contributed by atoms with Gasteiger partial charge in [0.15, 0.2) is 11.5 Å². The molecule has 8 nitrogen and oxygen atoms in total. The molecule has 2 aromatic rings. The van der Waals surface area contributed by atoms with E-state index in [-0.39, 0.29) is 12.4 Å². The topological polar surface area (TPSA) is 130 Å². The standard InChI is InChI=1S/C10H13N5O3S/c11-8-5-9(13-2-12-8)14-3-15(5)10-7(18)6(17)4(1-16)19-10/h2-4,6-7,10,16-18H,1H2,(H2,11,12,13)/t4-,6+,7-,10-/m0/s1. The number of imidazole rings is 1. The molecule has 0 aromatic carbocycles. The normalized spacial score (nSPS) is 31.1. The molecule has 3 heterocycles. The van der Waals surface area contributed by atoms with Gasteiger partial charge in [0.1, 0.15) is 23.3 Å². The van der Waals surface area contributed by atoms with Crippen molar-refractivity contribution in [3.8, 4) is 0 Å². The zero-order valence-corrected chi connectivity index (χ0v) is 10.6. The van der Waals surface area contributed by atoms with Gasteiger partial charge in [0.05, 0.1) is 24.3 Å². The van der Waals surface area contributed by atoms with Crippen LogP contribution >= 0.6 is 11.8 Å². The Hall–Kier alpha value is -1.42. The maximum absolute atomic E-state index is 10.1. The summed E-state index contributed by atoms with van der Waals surface area (Å²) < 4.78 is 1.64. The molecule has 0 bridgehead atoms. The third-order valence-electron chi connectivity index (χ3n) is 3.19. The Kier molecular flexibility index (Phi) is 3.05. The molecule has 0 amide bonds. The van der Waals surface area contributed by atoms with Crippen molar-refractivity contribution in [3.63, 3.8) is 0 Å². The largest absolute Gasteiger partial charge is 0.395 e. The fourth-order valence-electron chi connectivity index (χ4n) is 2.20. The minimum Gasteiger partial charge on any atom is -0.395 e. The lowest BCUT2D eigenvalue weighted by Crippen LogP contribution is -2.32. The van der Waals surface area contributed by atoms with Gasteiger partial charge in [0.25, 0.3) is 0 Å². The SMILES string of the molecule is Nc1ncnc2ncn([C@H]3S[C@@H](CO)[C@@H](O)[C@@H]3O)c12. The lowest BCUT2D eigenvalue weighted by Gasteiger charge is -2.17. The number of nitrogens with zero attached hydrogens (tertiary/aromatic N) is 4. The van der Waals surface area contributed by atoms with Crippen molar-refractivity contribution in [2.45, 2.75) is 22.8 Å². The summed E-state index contributed by atoms with van der Waals surface area (Å²) in [5.41, 5.74) is 6.75. The van der Waals surface area contributed by atoms with Gasteiger partial charge in [-0.1, -0.05) is 0 Å². The van der Waals surface area contributed by atoms with E-state index >= 15 is 0 Å². The molecule has 102 valence electrons. The van der Waals surface area contributed by atoms with E-state index in [1.807, 2.05) is 0 Å². The van der Waals surface area contributed by atoms with Gasteiger partial charge in [-0.2, -0.15) is 0 Å². The number of rotatable bonds is 2. The van der Waals surface area contributed by atoms with Crippen LogP contribution < -0.4 is 5.73 Å². The quantitative estimate of drug-likeness (QED) is 0.537. The van der Waals surface area contributed by atoms with E-state index in [1.165, 1.54) is 24.4 Å². The van der Waals surface area contributed by atoms with Crippen molar-refractivity contribution in [2.75, 3.05) is 12.3 Å². The van der Waals surface area contributed by atoms with Gasteiger partial charge in [-0.15, -0.1) is 11.8 Å². The van der Waals surface area contributed by atoms with Crippen molar-refractivity contribution in [1.29, 1.82) is 0 Å². The highest BCUT2D eigenvalue weighted by Gasteiger charge is 2.43. The molecule has 19 heavy (non-hydrogen) atoms. The van der Waals surface area contributed by atoms with E-state index in [0.29, 0.717) is 11.2 Å². The Morgan fingerprint density at radius 3 is 2.74 bits per heavy atom. The maximum Gasteiger partial charge on any atom is 0.183 e. The van der Waals surface area contributed by atoms with Crippen LogP contribution in [0.3, 0.4) is 0 Å². The Balaban J connectivity index is 2.06. The summed E-state index contributed by atoms with van der Waals surface area (Å²) in [6.45, 7) is -0.210. The number of fused-ring (bicyclic) bond motifs is 1. The van der Waals surface area contributed by atoms with Crippen LogP contribution in [0.2, 0.25) is 0 Å². The molecule has 3 rings (SSSR count). The predicted octanol–water partition coefficient (Wildman–Crippen LogP) is -1.26. The highest BCUT2D eigenvalue weighted by Crippen LogP contribution is 2.43. The lowest BCUT2D eigenvalue weighted by atomic mass is 10.1. The smallest absolute Gasteiger partial charge is 0.183 e. The van der Waals surface area contributed by atoms with Gasteiger partial charge in [-0.25, -0.2) is 15.0 Å². The van der Waals surface area contributed by atoms with Crippen LogP contribution in [0.4, 0.5) is 5.82 Å². The molecule has 0 radical (unpaired) electrons. The zero-order valence-electron chi connectivity index (χ0n) is 9.79. The first-order valence-electron chi connectivity index (χ1n) is 5.69. The Morgan fingerprint density at radius 2 is 2.05 bits per heavy atom. The summed E-state index contributed by atoms with van der Waals surface area (Å²) in [4.78, 5) is 12.0. The van der Waals surface area contributed by atoms with Crippen molar-refractivity contribution in [1.82, 2.24) is 19.5 Å². The van der Waals surface area contributed by atoms with Crippen LogP contribution in [0.1, 0.15) is 5.37 Å². The second kappa shape index (κ2) is 4.60. The third-order valence-corrected chi connectivity index (χ3v) is 4.75. The molecule has 9 heteroatoms. The second-order valence-corrected chi connectivity index (χ2v) is 5.67. The highest BCUT2D eigenvalue weighted by molar-refractivity contribution is 8.00. The van der Waals surface area contributed by atoms with Gasteiger partial charge < -0.3 is 25.6 Å². The Morgan fingerprint density at radius 1 is 1.26 bits per heavy atom. The maximum atomic E-state index is 10.1. The number of hydrogen-bond acceptors (Lipinski definition) is 8. The minimum absolute atomic E-state index is 0.210. The van der Waals surface area contributed by atoms with E-state index in [4.69, 9.17) is 5.73 Å². The average molecular weight is 283 g/mol. The number of anilines is 1. The number of thioether (sulfide) groups is 1. The molecule has 0 saturated carbocycles. The van der Waals surface area contributed by atoms with Crippen LogP contribution in [-0.4, -0.2) is 58.9 Å². The molecule has 1 saturated heterocycles. The molecule has 0 unspecified atom stereocenters. The van der Waals surface area contributed by atoms with Gasteiger partial charge in [-0.05, 0) is 0 Å². The summed E-state index contributed by atoms with van der Waals surface area (Å²) in [5.74, 6) is 0.261. The molecule has 1 fully saturated rings. The number of nitrogen functional groups attached to an aromatic ring is 1.